The Balaban J connectivity index is 2.20. The van der Waals surface area contributed by atoms with Crippen LogP contribution >= 0.6 is 0 Å². The molecule has 0 radical (unpaired) electrons. The van der Waals surface area contributed by atoms with Gasteiger partial charge in [0.15, 0.2) is 0 Å². The lowest BCUT2D eigenvalue weighted by molar-refractivity contribution is 0.0995. The van der Waals surface area contributed by atoms with Crippen molar-refractivity contribution < 1.29 is 4.79 Å². The van der Waals surface area contributed by atoms with Crippen LogP contribution in [0.15, 0.2) is 18.2 Å². The van der Waals surface area contributed by atoms with Gasteiger partial charge in [-0.25, -0.2) is 4.98 Å². The highest BCUT2D eigenvalue weighted by atomic mass is 16.1. The molecule has 18 heavy (non-hydrogen) atoms. The number of nitrogens with one attached hydrogen (secondary N) is 1. The molecule has 0 spiro atoms. The normalized spacial score (nSPS) is 19.5. The van der Waals surface area contributed by atoms with Crippen molar-refractivity contribution in [2.75, 3.05) is 24.5 Å². The van der Waals surface area contributed by atoms with Crippen molar-refractivity contribution in [3.05, 3.63) is 23.9 Å². The Bertz CT molecular complexity index is 415. The molecule has 5 heteroatoms. The number of nitrogens with zero attached hydrogens (tertiary/aromatic N) is 2. The first kappa shape index (κ1) is 12.8. The van der Waals surface area contributed by atoms with Crippen molar-refractivity contribution in [1.29, 1.82) is 0 Å². The van der Waals surface area contributed by atoms with Crippen LogP contribution in [0.1, 0.15) is 30.3 Å². The number of carbonyl (C=O) groups excluding carboxylic acids is 1. The van der Waals surface area contributed by atoms with Gasteiger partial charge in [0, 0.05) is 19.1 Å². The van der Waals surface area contributed by atoms with E-state index in [4.69, 9.17) is 5.73 Å². The van der Waals surface area contributed by atoms with E-state index < -0.39 is 5.91 Å². The summed E-state index contributed by atoms with van der Waals surface area (Å²) >= 11 is 0. The molecule has 1 amide bonds. The molecule has 1 atom stereocenters. The van der Waals surface area contributed by atoms with E-state index >= 15 is 0 Å². The molecule has 1 aliphatic rings. The van der Waals surface area contributed by atoms with Crippen LogP contribution in [0.25, 0.3) is 0 Å². The van der Waals surface area contributed by atoms with Crippen LogP contribution in [-0.2, 0) is 0 Å². The van der Waals surface area contributed by atoms with E-state index in [1.807, 2.05) is 12.1 Å². The van der Waals surface area contributed by atoms with Crippen LogP contribution in [0.4, 0.5) is 5.82 Å². The summed E-state index contributed by atoms with van der Waals surface area (Å²) in [5.74, 6) is 0.358. The molecule has 1 aliphatic heterocycles. The van der Waals surface area contributed by atoms with Gasteiger partial charge in [0.1, 0.15) is 11.5 Å². The van der Waals surface area contributed by atoms with Gasteiger partial charge < -0.3 is 16.0 Å². The van der Waals surface area contributed by atoms with Crippen molar-refractivity contribution in [3.63, 3.8) is 0 Å². The molecular weight excluding hydrogens is 228 g/mol. The Hall–Kier alpha value is -1.62. The number of hydrogen-bond donors (Lipinski definition) is 2. The molecule has 3 N–H and O–H groups in total. The number of aromatic nitrogens is 1. The smallest absolute Gasteiger partial charge is 0.267 e. The van der Waals surface area contributed by atoms with Crippen molar-refractivity contribution in [2.24, 2.45) is 5.73 Å². The van der Waals surface area contributed by atoms with Crippen LogP contribution in [0.5, 0.6) is 0 Å². The first-order valence-electron chi connectivity index (χ1n) is 6.46. The van der Waals surface area contributed by atoms with Crippen LogP contribution in [0.3, 0.4) is 0 Å². The minimum Gasteiger partial charge on any atom is -0.364 e. The number of rotatable bonds is 4. The van der Waals surface area contributed by atoms with Gasteiger partial charge in [-0.05, 0) is 38.4 Å². The third-order valence-electron chi connectivity index (χ3n) is 3.33. The Kier molecular flexibility index (Phi) is 4.15. The van der Waals surface area contributed by atoms with Gasteiger partial charge in [0.2, 0.25) is 0 Å². The third-order valence-corrected chi connectivity index (χ3v) is 3.33. The highest BCUT2D eigenvalue weighted by molar-refractivity contribution is 5.91. The van der Waals surface area contributed by atoms with Crippen molar-refractivity contribution >= 4 is 11.7 Å². The van der Waals surface area contributed by atoms with Gasteiger partial charge in [-0.15, -0.1) is 0 Å². The van der Waals surface area contributed by atoms with Gasteiger partial charge >= 0.3 is 0 Å². The Labute approximate surface area is 107 Å². The topological polar surface area (TPSA) is 71.2 Å². The lowest BCUT2D eigenvalue weighted by Gasteiger charge is -2.34. The molecular formula is C13H20N4O. The van der Waals surface area contributed by atoms with Crippen molar-refractivity contribution in [1.82, 2.24) is 10.3 Å². The second kappa shape index (κ2) is 5.82. The zero-order chi connectivity index (χ0) is 13.0. The van der Waals surface area contributed by atoms with Crippen molar-refractivity contribution in [2.45, 2.75) is 25.8 Å². The average Bonchev–Trinajstić information content (AvgIpc) is 2.41. The fourth-order valence-corrected chi connectivity index (χ4v) is 2.43. The van der Waals surface area contributed by atoms with Crippen LogP contribution in [-0.4, -0.2) is 36.6 Å². The fourth-order valence-electron chi connectivity index (χ4n) is 2.43. The van der Waals surface area contributed by atoms with Crippen molar-refractivity contribution in [3.8, 4) is 0 Å². The second-order valence-electron chi connectivity index (χ2n) is 4.53. The number of likely N-dealkylation sites (N-methyl/N-ethyl adjacent to an activating group) is 1. The first-order valence-corrected chi connectivity index (χ1v) is 6.46. The maximum absolute atomic E-state index is 11.2. The largest absolute Gasteiger partial charge is 0.364 e. The number of pyridine rings is 1. The van der Waals surface area contributed by atoms with Gasteiger partial charge in [-0.3, -0.25) is 4.79 Å². The zero-order valence-electron chi connectivity index (χ0n) is 10.7. The fraction of sp³-hybridized carbons (Fsp3) is 0.538. The first-order chi connectivity index (χ1) is 8.72. The molecule has 2 rings (SSSR count). The SMILES string of the molecule is CCN(c1cccc(C(N)=O)n1)C1CCCNC1. The molecule has 2 heterocycles. The van der Waals surface area contributed by atoms with E-state index in [2.05, 4.69) is 22.1 Å². The minimum absolute atomic E-state index is 0.328. The van der Waals surface area contributed by atoms with Gasteiger partial charge in [-0.1, -0.05) is 6.07 Å². The number of hydrogen-bond acceptors (Lipinski definition) is 4. The van der Waals surface area contributed by atoms with Crippen LogP contribution in [0.2, 0.25) is 0 Å². The molecule has 98 valence electrons. The quantitative estimate of drug-likeness (QED) is 0.825. The summed E-state index contributed by atoms with van der Waals surface area (Å²) in [6.45, 7) is 5.04. The predicted molar refractivity (Wildman–Crippen MR) is 71.7 cm³/mol. The second-order valence-corrected chi connectivity index (χ2v) is 4.53. The molecule has 1 aromatic heterocycles. The predicted octanol–water partition coefficient (Wildman–Crippen LogP) is 0.759. The molecule has 0 aliphatic carbocycles. The Morgan fingerprint density at radius 2 is 2.44 bits per heavy atom. The van der Waals surface area contributed by atoms with Gasteiger partial charge in [0.05, 0.1) is 0 Å². The van der Waals surface area contributed by atoms with E-state index in [0.29, 0.717) is 11.7 Å². The number of nitrogens with two attached hydrogens (primary N) is 1. The molecule has 0 aromatic carbocycles. The number of amides is 1. The lowest BCUT2D eigenvalue weighted by atomic mass is 10.1. The molecule has 1 saturated heterocycles. The van der Waals surface area contributed by atoms with Gasteiger partial charge in [0.25, 0.3) is 5.91 Å². The number of anilines is 1. The summed E-state index contributed by atoms with van der Waals surface area (Å²) in [6, 6.07) is 5.87. The zero-order valence-corrected chi connectivity index (χ0v) is 10.7. The Morgan fingerprint density at radius 1 is 1.61 bits per heavy atom. The summed E-state index contributed by atoms with van der Waals surface area (Å²) < 4.78 is 0. The summed E-state index contributed by atoms with van der Waals surface area (Å²) in [7, 11) is 0. The van der Waals surface area contributed by atoms with E-state index in [0.717, 1.165) is 31.9 Å². The molecule has 0 bridgehead atoms. The van der Waals surface area contributed by atoms with Crippen LogP contribution < -0.4 is 16.0 Å². The van der Waals surface area contributed by atoms with Crippen LogP contribution in [0, 0.1) is 0 Å². The summed E-state index contributed by atoms with van der Waals surface area (Å²) in [5.41, 5.74) is 5.60. The molecule has 5 nitrogen and oxygen atoms in total. The summed E-state index contributed by atoms with van der Waals surface area (Å²) in [6.07, 6.45) is 2.33. The maximum Gasteiger partial charge on any atom is 0.267 e. The number of piperidine rings is 1. The van der Waals surface area contributed by atoms with E-state index in [-0.39, 0.29) is 0 Å². The highest BCUT2D eigenvalue weighted by Crippen LogP contribution is 2.18. The standard InChI is InChI=1S/C13H20N4O/c1-2-17(10-5-4-8-15-9-10)12-7-3-6-11(16-12)13(14)18/h3,6-7,10,15H,2,4-5,8-9H2,1H3,(H2,14,18). The highest BCUT2D eigenvalue weighted by Gasteiger charge is 2.21. The summed E-state index contributed by atoms with van der Waals surface area (Å²) in [5, 5.41) is 3.40. The minimum atomic E-state index is -0.477. The average molecular weight is 248 g/mol. The number of primary amides is 1. The molecule has 1 fully saturated rings. The lowest BCUT2D eigenvalue weighted by Crippen LogP contribution is -2.46. The Morgan fingerprint density at radius 3 is 3.06 bits per heavy atom. The van der Waals surface area contributed by atoms with E-state index in [1.54, 1.807) is 6.07 Å². The molecule has 1 unspecified atom stereocenters. The van der Waals surface area contributed by atoms with E-state index in [9.17, 15) is 4.79 Å². The van der Waals surface area contributed by atoms with Gasteiger partial charge in [-0.2, -0.15) is 0 Å². The summed E-state index contributed by atoms with van der Waals surface area (Å²) in [4.78, 5) is 17.7. The molecule has 1 aromatic rings. The van der Waals surface area contributed by atoms with E-state index in [1.165, 1.54) is 6.42 Å². The number of carbonyl (C=O) groups is 1. The monoisotopic (exact) mass is 248 g/mol. The maximum atomic E-state index is 11.2. The molecule has 0 saturated carbocycles. The third kappa shape index (κ3) is 2.79.